The van der Waals surface area contributed by atoms with Gasteiger partial charge in [0.2, 0.25) is 0 Å². The first-order valence-electron chi connectivity index (χ1n) is 9.55. The predicted octanol–water partition coefficient (Wildman–Crippen LogP) is 3.41. The highest BCUT2D eigenvalue weighted by Crippen LogP contribution is 2.31. The molecule has 1 atom stereocenters. The summed E-state index contributed by atoms with van der Waals surface area (Å²) in [6, 6.07) is 11.4. The van der Waals surface area contributed by atoms with Crippen molar-refractivity contribution < 1.29 is 4.79 Å². The Hall–Kier alpha value is -3.37. The van der Waals surface area contributed by atoms with Gasteiger partial charge in [0.05, 0.1) is 17.9 Å². The summed E-state index contributed by atoms with van der Waals surface area (Å²) in [6.45, 7) is 1.95. The first kappa shape index (κ1) is 23.3. The number of nitrogens with zero attached hydrogens (tertiary/aromatic N) is 6. The highest BCUT2D eigenvalue weighted by Gasteiger charge is 2.23. The van der Waals surface area contributed by atoms with Crippen LogP contribution in [0.2, 0.25) is 5.15 Å². The van der Waals surface area contributed by atoms with Gasteiger partial charge in [-0.1, -0.05) is 41.9 Å². The highest BCUT2D eigenvalue weighted by molar-refractivity contribution is 7.59. The molecule has 0 saturated heterocycles. The number of amides is 1. The monoisotopic (exact) mass is 470 g/mol. The Morgan fingerprint density at radius 1 is 1.19 bits per heavy atom. The molecule has 3 heterocycles. The topological polar surface area (TPSA) is 114 Å². The molecule has 0 spiro atoms. The average molecular weight is 471 g/mol. The summed E-state index contributed by atoms with van der Waals surface area (Å²) in [5.41, 5.74) is 9.34. The largest absolute Gasteiger partial charge is 0.383 e. The van der Waals surface area contributed by atoms with Crippen molar-refractivity contribution in [2.24, 2.45) is 0 Å². The number of rotatable bonds is 5. The van der Waals surface area contributed by atoms with E-state index in [4.69, 9.17) is 22.4 Å². The number of nitrogens with two attached hydrogens (primary N) is 1. The number of halogens is 1. The molecule has 9 nitrogen and oxygen atoms in total. The number of hydrogen-bond acceptors (Lipinski definition) is 7. The van der Waals surface area contributed by atoms with Crippen molar-refractivity contribution in [3.05, 3.63) is 65.2 Å². The predicted molar refractivity (Wildman–Crippen MR) is 130 cm³/mol. The van der Waals surface area contributed by atoms with Crippen LogP contribution in [0.1, 0.15) is 28.9 Å². The maximum absolute atomic E-state index is 12.7. The van der Waals surface area contributed by atoms with Crippen molar-refractivity contribution in [2.45, 2.75) is 13.0 Å². The van der Waals surface area contributed by atoms with E-state index in [1.807, 2.05) is 43.3 Å². The Kier molecular flexibility index (Phi) is 6.85. The maximum Gasteiger partial charge on any atom is 0.260 e. The molecule has 3 N–H and O–H groups in total. The molecular weight excluding hydrogens is 448 g/mol. The fraction of sp³-hybridized carbons (Fsp3) is 0.190. The third kappa shape index (κ3) is 4.32. The Bertz CT molecular complexity index is 1260. The molecule has 0 fully saturated rings. The van der Waals surface area contributed by atoms with Gasteiger partial charge in [-0.2, -0.15) is 18.6 Å². The van der Waals surface area contributed by atoms with Crippen LogP contribution < -0.4 is 11.1 Å². The summed E-state index contributed by atoms with van der Waals surface area (Å²) in [4.78, 5) is 26.6. The van der Waals surface area contributed by atoms with Crippen molar-refractivity contribution in [3.63, 3.8) is 0 Å². The van der Waals surface area contributed by atoms with Gasteiger partial charge in [-0.15, -0.1) is 0 Å². The first-order valence-corrected chi connectivity index (χ1v) is 9.93. The minimum atomic E-state index is -0.287. The molecule has 0 aliphatic rings. The molecule has 32 heavy (non-hydrogen) atoms. The van der Waals surface area contributed by atoms with Gasteiger partial charge in [0.15, 0.2) is 10.8 Å². The van der Waals surface area contributed by atoms with E-state index in [9.17, 15) is 4.79 Å². The van der Waals surface area contributed by atoms with Crippen LogP contribution in [0.5, 0.6) is 0 Å². The van der Waals surface area contributed by atoms with Gasteiger partial charge in [-0.05, 0) is 13.0 Å². The number of carbonyl (C=O) groups is 1. The van der Waals surface area contributed by atoms with Gasteiger partial charge in [0, 0.05) is 25.2 Å². The van der Waals surface area contributed by atoms with E-state index < -0.39 is 0 Å². The first-order chi connectivity index (χ1) is 14.9. The summed E-state index contributed by atoms with van der Waals surface area (Å²) in [5.74, 6) is 0.170. The van der Waals surface area contributed by atoms with Crippen molar-refractivity contribution in [2.75, 3.05) is 25.1 Å². The lowest BCUT2D eigenvalue weighted by Gasteiger charge is -2.21. The van der Waals surface area contributed by atoms with Gasteiger partial charge >= 0.3 is 0 Å². The van der Waals surface area contributed by atoms with Crippen molar-refractivity contribution >= 4 is 48.3 Å². The van der Waals surface area contributed by atoms with E-state index in [1.165, 1.54) is 11.2 Å². The molecule has 0 aliphatic heterocycles. The summed E-state index contributed by atoms with van der Waals surface area (Å²) in [6.07, 6.45) is 2.88. The maximum atomic E-state index is 12.7. The second-order valence-electron chi connectivity index (χ2n) is 7.21. The second-order valence-corrected chi connectivity index (χ2v) is 7.60. The molecule has 0 unspecified atom stereocenters. The molecule has 0 saturated carbocycles. The van der Waals surface area contributed by atoms with E-state index >= 15 is 0 Å². The van der Waals surface area contributed by atoms with Gasteiger partial charge in [0.25, 0.3) is 5.91 Å². The Morgan fingerprint density at radius 3 is 2.59 bits per heavy atom. The summed E-state index contributed by atoms with van der Waals surface area (Å²) >= 11 is 6.25. The number of fused-ring (bicyclic) bond motifs is 1. The van der Waals surface area contributed by atoms with Crippen LogP contribution in [0, 0.1) is 0 Å². The average Bonchev–Trinajstić information content (AvgIpc) is 3.13. The SMILES string of the molecule is C[C@H](Nc1ncnc(N)c1C(=O)N(C)C)c1cc2ncc(Cl)n2nc1-c1ccccc1.S. The third-order valence-corrected chi connectivity index (χ3v) is 5.10. The van der Waals surface area contributed by atoms with Gasteiger partial charge < -0.3 is 16.0 Å². The molecule has 0 bridgehead atoms. The molecule has 4 aromatic rings. The molecule has 1 aromatic carbocycles. The number of nitrogens with one attached hydrogen (secondary N) is 1. The van der Waals surface area contributed by atoms with Crippen molar-refractivity contribution in [1.82, 2.24) is 29.5 Å². The van der Waals surface area contributed by atoms with Crippen LogP contribution in [0.25, 0.3) is 16.9 Å². The van der Waals surface area contributed by atoms with Crippen LogP contribution in [0.15, 0.2) is 48.9 Å². The van der Waals surface area contributed by atoms with Crippen molar-refractivity contribution in [1.29, 1.82) is 0 Å². The second kappa shape index (κ2) is 9.41. The molecule has 3 aromatic heterocycles. The van der Waals surface area contributed by atoms with E-state index in [1.54, 1.807) is 24.8 Å². The van der Waals surface area contributed by atoms with Gasteiger partial charge in [0.1, 0.15) is 23.5 Å². The smallest absolute Gasteiger partial charge is 0.260 e. The molecule has 1 amide bonds. The van der Waals surface area contributed by atoms with Crippen molar-refractivity contribution in [3.8, 4) is 11.3 Å². The lowest BCUT2D eigenvalue weighted by Crippen LogP contribution is -2.25. The van der Waals surface area contributed by atoms with Gasteiger partial charge in [-0.25, -0.2) is 19.5 Å². The van der Waals surface area contributed by atoms with Crippen LogP contribution in [0.4, 0.5) is 11.6 Å². The quantitative estimate of drug-likeness (QED) is 0.459. The molecule has 166 valence electrons. The summed E-state index contributed by atoms with van der Waals surface area (Å²) < 4.78 is 1.59. The zero-order valence-corrected chi connectivity index (χ0v) is 19.5. The molecule has 11 heteroatoms. The van der Waals surface area contributed by atoms with E-state index in [0.717, 1.165) is 16.8 Å². The normalized spacial score (nSPS) is 11.6. The lowest BCUT2D eigenvalue weighted by molar-refractivity contribution is 0.0829. The minimum Gasteiger partial charge on any atom is -0.383 e. The van der Waals surface area contributed by atoms with E-state index in [2.05, 4.69) is 20.3 Å². The molecule has 0 aliphatic carbocycles. The number of anilines is 2. The zero-order chi connectivity index (χ0) is 22.1. The molecule has 0 radical (unpaired) electrons. The standard InChI is InChI=1S/C21H21ClN8O.H2S/c1-12(27-20-17(21(31)29(2)3)19(23)25-11-26-20)14-9-16-24-10-15(22)30(16)28-18(14)13-7-5-4-6-8-13;/h4-12H,1-3H3,(H3,23,25,26,27);1H2/t12-;/m0./s1. The highest BCUT2D eigenvalue weighted by atomic mass is 35.5. The molecule has 4 rings (SSSR count). The van der Waals surface area contributed by atoms with Crippen LogP contribution in [-0.4, -0.2) is 49.5 Å². The molecular formula is C21H23ClN8OS. The number of aromatic nitrogens is 5. The zero-order valence-electron chi connectivity index (χ0n) is 17.7. The van der Waals surface area contributed by atoms with Crippen LogP contribution in [-0.2, 0) is 0 Å². The third-order valence-electron chi connectivity index (χ3n) is 4.84. The Labute approximate surface area is 197 Å². The lowest BCUT2D eigenvalue weighted by atomic mass is 10.0. The number of benzene rings is 1. The van der Waals surface area contributed by atoms with Gasteiger partial charge in [-0.3, -0.25) is 4.79 Å². The summed E-state index contributed by atoms with van der Waals surface area (Å²) in [5, 5.41) is 8.44. The summed E-state index contributed by atoms with van der Waals surface area (Å²) in [7, 11) is 3.30. The Morgan fingerprint density at radius 2 is 1.91 bits per heavy atom. The number of nitrogen functional groups attached to an aromatic ring is 1. The number of imidazole rings is 1. The number of hydrogen-bond donors (Lipinski definition) is 2. The van der Waals surface area contributed by atoms with Crippen LogP contribution in [0.3, 0.4) is 0 Å². The fourth-order valence-electron chi connectivity index (χ4n) is 3.28. The Balaban J connectivity index is 0.00000289. The minimum absolute atomic E-state index is 0. The van der Waals surface area contributed by atoms with E-state index in [0.29, 0.717) is 16.6 Å². The van der Waals surface area contributed by atoms with Crippen LogP contribution >= 0.6 is 25.1 Å². The van der Waals surface area contributed by atoms with E-state index in [-0.39, 0.29) is 36.8 Å². The fourth-order valence-corrected chi connectivity index (χ4v) is 3.45. The number of carbonyl (C=O) groups excluding carboxylic acids is 1.